The minimum atomic E-state index is -0.284. The number of hydrogen-bond acceptors (Lipinski definition) is 5. The monoisotopic (exact) mass is 301 g/mol. The number of rotatable bonds is 12. The largest absolute Gasteiger partial charge is 0.462 e. The Kier molecular flexibility index (Phi) is 19.4. The molecule has 0 fully saturated rings. The van der Waals surface area contributed by atoms with E-state index >= 15 is 0 Å². The van der Waals surface area contributed by atoms with Gasteiger partial charge in [0.05, 0.1) is 6.61 Å². The molecule has 0 heterocycles. The summed E-state index contributed by atoms with van der Waals surface area (Å²) in [6.07, 6.45) is 9.20. The summed E-state index contributed by atoms with van der Waals surface area (Å²) in [4.78, 5) is 24.5. The molecule has 0 saturated carbocycles. The first-order valence-electron chi connectivity index (χ1n) is 7.87. The van der Waals surface area contributed by atoms with Crippen LogP contribution in [-0.2, 0) is 14.4 Å². The van der Waals surface area contributed by atoms with Gasteiger partial charge < -0.3 is 9.57 Å². The first-order valence-corrected chi connectivity index (χ1v) is 7.87. The molecule has 0 aliphatic carbocycles. The number of ether oxygens (including phenoxy) is 1. The highest BCUT2D eigenvalue weighted by Gasteiger charge is 2.00. The molecule has 0 aromatic heterocycles. The van der Waals surface area contributed by atoms with Gasteiger partial charge in [-0.15, -0.1) is 4.91 Å². The summed E-state index contributed by atoms with van der Waals surface area (Å²) < 4.78 is 4.81. The molecule has 5 nitrogen and oxygen atoms in total. The predicted molar refractivity (Wildman–Crippen MR) is 85.8 cm³/mol. The standard InChI is InChI=1S/C8H17NO2.C8H14O2/c1-2-3-4-5-6-7-8-11-9-10;1-4-5-6-10-8(9)7(2)3/h2-8H2,1H3;2,4-6H2,1,3H3. The van der Waals surface area contributed by atoms with Crippen molar-refractivity contribution in [2.75, 3.05) is 13.2 Å². The summed E-state index contributed by atoms with van der Waals surface area (Å²) >= 11 is 0. The van der Waals surface area contributed by atoms with Crippen LogP contribution >= 0.6 is 0 Å². The number of nitrogens with zero attached hydrogens (tertiary/aromatic N) is 1. The quantitative estimate of drug-likeness (QED) is 0.168. The van der Waals surface area contributed by atoms with Gasteiger partial charge >= 0.3 is 5.97 Å². The fourth-order valence-electron chi connectivity index (χ4n) is 1.42. The highest BCUT2D eigenvalue weighted by Crippen LogP contribution is 2.04. The van der Waals surface area contributed by atoms with Gasteiger partial charge in [-0.1, -0.05) is 52.5 Å². The molecule has 0 bridgehead atoms. The second kappa shape index (κ2) is 18.6. The van der Waals surface area contributed by atoms with Crippen LogP contribution in [0.5, 0.6) is 0 Å². The van der Waals surface area contributed by atoms with Crippen LogP contribution in [0.2, 0.25) is 0 Å². The summed E-state index contributed by atoms with van der Waals surface area (Å²) in [6, 6.07) is 0. The molecule has 0 spiro atoms. The molecule has 21 heavy (non-hydrogen) atoms. The van der Waals surface area contributed by atoms with Crippen molar-refractivity contribution in [1.29, 1.82) is 0 Å². The first-order chi connectivity index (χ1) is 10.1. The molecule has 0 amide bonds. The Hall–Kier alpha value is -1.39. The van der Waals surface area contributed by atoms with E-state index in [1.807, 2.05) is 0 Å². The lowest BCUT2D eigenvalue weighted by Crippen LogP contribution is -2.05. The first kappa shape index (κ1) is 21.9. The van der Waals surface area contributed by atoms with E-state index in [2.05, 4.69) is 30.6 Å². The van der Waals surface area contributed by atoms with Crippen molar-refractivity contribution in [1.82, 2.24) is 0 Å². The fourth-order valence-corrected chi connectivity index (χ4v) is 1.42. The van der Waals surface area contributed by atoms with Gasteiger partial charge in [0.1, 0.15) is 6.61 Å². The van der Waals surface area contributed by atoms with Crippen LogP contribution in [0.15, 0.2) is 17.5 Å². The van der Waals surface area contributed by atoms with Gasteiger partial charge in [0.15, 0.2) is 5.34 Å². The topological polar surface area (TPSA) is 65.0 Å². The second-order valence-electron chi connectivity index (χ2n) is 4.95. The Morgan fingerprint density at radius 3 is 2.05 bits per heavy atom. The Balaban J connectivity index is 0. The molecule has 0 N–H and O–H groups in total. The summed E-state index contributed by atoms with van der Waals surface area (Å²) in [5.74, 6) is -0.284. The molecule has 124 valence electrons. The molecule has 0 radical (unpaired) electrons. The van der Waals surface area contributed by atoms with E-state index in [0.29, 0.717) is 18.8 Å². The minimum Gasteiger partial charge on any atom is -0.462 e. The van der Waals surface area contributed by atoms with Crippen molar-refractivity contribution in [3.05, 3.63) is 17.1 Å². The van der Waals surface area contributed by atoms with E-state index < -0.39 is 0 Å². The number of unbranched alkanes of at least 4 members (excludes halogenated alkanes) is 6. The van der Waals surface area contributed by atoms with E-state index in [0.717, 1.165) is 25.7 Å². The Bertz CT molecular complexity index is 267. The molecular weight excluding hydrogens is 270 g/mol. The van der Waals surface area contributed by atoms with Gasteiger partial charge in [0.2, 0.25) is 0 Å². The Morgan fingerprint density at radius 2 is 1.52 bits per heavy atom. The van der Waals surface area contributed by atoms with E-state index in [1.165, 1.54) is 25.7 Å². The second-order valence-corrected chi connectivity index (χ2v) is 4.95. The summed E-state index contributed by atoms with van der Waals surface area (Å²) in [5, 5.41) is 2.32. The SMILES string of the molecule is C=C(C)C(=O)OCCCC.CCCCCCCCON=O. The zero-order chi connectivity index (χ0) is 16.3. The molecule has 0 atom stereocenters. The predicted octanol–water partition coefficient (Wildman–Crippen LogP) is 4.95. The van der Waals surface area contributed by atoms with Crippen molar-refractivity contribution in [3.63, 3.8) is 0 Å². The smallest absolute Gasteiger partial charge is 0.333 e. The summed E-state index contributed by atoms with van der Waals surface area (Å²) in [5.41, 5.74) is 0.469. The molecule has 0 aliphatic heterocycles. The highest BCUT2D eigenvalue weighted by atomic mass is 16.7. The van der Waals surface area contributed by atoms with Crippen molar-refractivity contribution < 1.29 is 14.4 Å². The average Bonchev–Trinajstić information content (AvgIpc) is 2.47. The van der Waals surface area contributed by atoms with Gasteiger partial charge in [0.25, 0.3) is 0 Å². The molecule has 0 saturated heterocycles. The van der Waals surface area contributed by atoms with E-state index in [1.54, 1.807) is 6.92 Å². The molecule has 0 aromatic carbocycles. The minimum absolute atomic E-state index is 0.284. The third-order valence-corrected chi connectivity index (χ3v) is 2.72. The number of carbonyl (C=O) groups is 1. The lowest BCUT2D eigenvalue weighted by Gasteiger charge is -2.01. The molecule has 0 aromatic rings. The lowest BCUT2D eigenvalue weighted by molar-refractivity contribution is -0.139. The molecule has 0 rings (SSSR count). The van der Waals surface area contributed by atoms with Gasteiger partial charge in [-0.2, -0.15) is 0 Å². The van der Waals surface area contributed by atoms with Crippen LogP contribution in [-0.4, -0.2) is 19.2 Å². The van der Waals surface area contributed by atoms with Crippen LogP contribution in [0, 0.1) is 4.91 Å². The number of hydrogen-bond donors (Lipinski definition) is 0. The maximum absolute atomic E-state index is 10.7. The van der Waals surface area contributed by atoms with Crippen molar-refractivity contribution in [2.24, 2.45) is 5.34 Å². The van der Waals surface area contributed by atoms with Crippen LogP contribution in [0.4, 0.5) is 0 Å². The molecule has 0 aliphatic rings. The van der Waals surface area contributed by atoms with Gasteiger partial charge in [-0.05, 0) is 26.2 Å². The maximum atomic E-state index is 10.7. The van der Waals surface area contributed by atoms with Crippen LogP contribution in [0.25, 0.3) is 0 Å². The van der Waals surface area contributed by atoms with Crippen LogP contribution < -0.4 is 0 Å². The fraction of sp³-hybridized carbons (Fsp3) is 0.812. The summed E-state index contributed by atoms with van der Waals surface area (Å²) in [6.45, 7) is 10.3. The zero-order valence-corrected chi connectivity index (χ0v) is 13.9. The van der Waals surface area contributed by atoms with Crippen molar-refractivity contribution >= 4 is 5.97 Å². The average molecular weight is 301 g/mol. The van der Waals surface area contributed by atoms with Gasteiger partial charge in [-0.3, -0.25) is 0 Å². The highest BCUT2D eigenvalue weighted by molar-refractivity contribution is 5.86. The zero-order valence-electron chi connectivity index (χ0n) is 13.9. The van der Waals surface area contributed by atoms with Gasteiger partial charge in [-0.25, -0.2) is 4.79 Å². The van der Waals surface area contributed by atoms with Gasteiger partial charge in [0, 0.05) is 5.57 Å². The maximum Gasteiger partial charge on any atom is 0.333 e. The lowest BCUT2D eigenvalue weighted by atomic mass is 10.1. The third-order valence-electron chi connectivity index (χ3n) is 2.72. The Morgan fingerprint density at radius 1 is 0.952 bits per heavy atom. The van der Waals surface area contributed by atoms with E-state index in [-0.39, 0.29) is 5.97 Å². The van der Waals surface area contributed by atoms with Crippen LogP contribution in [0.1, 0.15) is 72.1 Å². The Labute approximate surface area is 129 Å². The van der Waals surface area contributed by atoms with Crippen molar-refractivity contribution in [2.45, 2.75) is 72.1 Å². The molecule has 5 heteroatoms. The summed E-state index contributed by atoms with van der Waals surface area (Å²) in [7, 11) is 0. The normalized spacial score (nSPS) is 9.29. The number of esters is 1. The third kappa shape index (κ3) is 21.1. The van der Waals surface area contributed by atoms with Crippen molar-refractivity contribution in [3.8, 4) is 0 Å². The molecule has 0 unspecified atom stereocenters. The molecular formula is C16H31NO4. The van der Waals surface area contributed by atoms with E-state index in [4.69, 9.17) is 4.74 Å². The van der Waals surface area contributed by atoms with E-state index in [9.17, 15) is 9.70 Å². The van der Waals surface area contributed by atoms with Crippen LogP contribution in [0.3, 0.4) is 0 Å². The number of carbonyl (C=O) groups excluding carboxylic acids is 1.